The van der Waals surface area contributed by atoms with Crippen LogP contribution in [0.3, 0.4) is 0 Å². The Bertz CT molecular complexity index is 635. The molecule has 25 heavy (non-hydrogen) atoms. The van der Waals surface area contributed by atoms with Gasteiger partial charge in [-0.3, -0.25) is 4.99 Å². The predicted octanol–water partition coefficient (Wildman–Crippen LogP) is 2.20. The molecule has 0 aliphatic carbocycles. The van der Waals surface area contributed by atoms with E-state index in [1.54, 1.807) is 7.05 Å². The first kappa shape index (κ1) is 24.1. The molecule has 6 nitrogen and oxygen atoms in total. The third kappa shape index (κ3) is 8.87. The molecule has 2 N–H and O–H groups in total. The lowest BCUT2D eigenvalue weighted by atomic mass is 10.1. The summed E-state index contributed by atoms with van der Waals surface area (Å²) in [5, 5.41) is 6.53. The summed E-state index contributed by atoms with van der Waals surface area (Å²) in [6, 6.07) is 8.34. The maximum Gasteiger partial charge on any atom is 0.211 e. The Balaban J connectivity index is 0.00000576. The maximum atomic E-state index is 11.5. The van der Waals surface area contributed by atoms with E-state index in [0.29, 0.717) is 26.2 Å². The Labute approximate surface area is 169 Å². The number of sulfonamides is 1. The second-order valence-corrected chi connectivity index (χ2v) is 7.57. The Hall–Kier alpha value is -0.870. The van der Waals surface area contributed by atoms with Gasteiger partial charge in [-0.1, -0.05) is 38.1 Å². The molecule has 0 saturated carbocycles. The Morgan fingerprint density at radius 1 is 1.16 bits per heavy atom. The molecule has 0 spiro atoms. The largest absolute Gasteiger partial charge is 0.356 e. The van der Waals surface area contributed by atoms with Crippen LogP contribution in [0.5, 0.6) is 0 Å². The summed E-state index contributed by atoms with van der Waals surface area (Å²) >= 11 is 0. The lowest BCUT2D eigenvalue weighted by Gasteiger charge is -2.18. The molecule has 0 radical (unpaired) electrons. The standard InChI is InChI=1S/C17H30N4O2S.HI/c1-5-15-10-7-8-11-16(15)14-20-17(18-3)19-12-9-13-21(6-2)24(4,22)23;/h7-8,10-11H,5-6,9,12-14H2,1-4H3,(H2,18,19,20);1H. The van der Waals surface area contributed by atoms with E-state index in [1.165, 1.54) is 21.7 Å². The number of aliphatic imine (C=N–C) groups is 1. The summed E-state index contributed by atoms with van der Waals surface area (Å²) < 4.78 is 24.5. The summed E-state index contributed by atoms with van der Waals surface area (Å²) in [7, 11) is -1.38. The number of rotatable bonds is 9. The van der Waals surface area contributed by atoms with Crippen molar-refractivity contribution < 1.29 is 8.42 Å². The van der Waals surface area contributed by atoms with Crippen molar-refractivity contribution in [2.75, 3.05) is 32.9 Å². The van der Waals surface area contributed by atoms with Gasteiger partial charge in [-0.15, -0.1) is 24.0 Å². The lowest BCUT2D eigenvalue weighted by molar-refractivity contribution is 0.424. The minimum Gasteiger partial charge on any atom is -0.356 e. The van der Waals surface area contributed by atoms with Crippen molar-refractivity contribution in [3.05, 3.63) is 35.4 Å². The van der Waals surface area contributed by atoms with Crippen LogP contribution in [0.15, 0.2) is 29.3 Å². The third-order valence-corrected chi connectivity index (χ3v) is 5.25. The van der Waals surface area contributed by atoms with Crippen LogP contribution in [0, 0.1) is 0 Å². The number of aryl methyl sites for hydroxylation is 1. The second-order valence-electron chi connectivity index (χ2n) is 5.58. The van der Waals surface area contributed by atoms with Crippen molar-refractivity contribution in [1.29, 1.82) is 0 Å². The van der Waals surface area contributed by atoms with Gasteiger partial charge in [-0.25, -0.2) is 12.7 Å². The van der Waals surface area contributed by atoms with E-state index < -0.39 is 10.0 Å². The van der Waals surface area contributed by atoms with Crippen LogP contribution in [0.25, 0.3) is 0 Å². The fourth-order valence-corrected chi connectivity index (χ4v) is 3.42. The van der Waals surface area contributed by atoms with E-state index in [-0.39, 0.29) is 24.0 Å². The zero-order valence-corrected chi connectivity index (χ0v) is 18.7. The number of halogens is 1. The highest BCUT2D eigenvalue weighted by Crippen LogP contribution is 2.08. The van der Waals surface area contributed by atoms with Gasteiger partial charge in [-0.2, -0.15) is 0 Å². The van der Waals surface area contributed by atoms with E-state index in [2.05, 4.69) is 40.7 Å². The topological polar surface area (TPSA) is 73.8 Å². The Morgan fingerprint density at radius 2 is 1.80 bits per heavy atom. The zero-order valence-electron chi connectivity index (χ0n) is 15.6. The first-order valence-corrected chi connectivity index (χ1v) is 10.2. The third-order valence-electron chi connectivity index (χ3n) is 3.87. The van der Waals surface area contributed by atoms with Crippen molar-refractivity contribution in [1.82, 2.24) is 14.9 Å². The average Bonchev–Trinajstić information content (AvgIpc) is 2.56. The Kier molecular flexibility index (Phi) is 12.0. The molecule has 0 aliphatic rings. The number of hydrogen-bond donors (Lipinski definition) is 2. The van der Waals surface area contributed by atoms with E-state index >= 15 is 0 Å². The number of hydrogen-bond acceptors (Lipinski definition) is 3. The van der Waals surface area contributed by atoms with Crippen molar-refractivity contribution in [2.45, 2.75) is 33.2 Å². The molecule has 1 rings (SSSR count). The van der Waals surface area contributed by atoms with Gasteiger partial charge in [0.25, 0.3) is 0 Å². The van der Waals surface area contributed by atoms with Crippen LogP contribution in [0.4, 0.5) is 0 Å². The highest BCUT2D eigenvalue weighted by molar-refractivity contribution is 14.0. The van der Waals surface area contributed by atoms with Crippen LogP contribution in [-0.2, 0) is 23.0 Å². The molecule has 144 valence electrons. The molecule has 8 heteroatoms. The van der Waals surface area contributed by atoms with Gasteiger partial charge in [-0.05, 0) is 24.0 Å². The fraction of sp³-hybridized carbons (Fsp3) is 0.588. The molecule has 0 atom stereocenters. The monoisotopic (exact) mass is 482 g/mol. The van der Waals surface area contributed by atoms with Gasteiger partial charge in [0.15, 0.2) is 5.96 Å². The SMILES string of the molecule is CCc1ccccc1CNC(=NC)NCCCN(CC)S(C)(=O)=O.I. The smallest absolute Gasteiger partial charge is 0.211 e. The molecule has 1 aromatic carbocycles. The molecule has 0 aliphatic heterocycles. The minimum absolute atomic E-state index is 0. The first-order valence-electron chi connectivity index (χ1n) is 8.38. The molecule has 0 unspecified atom stereocenters. The Morgan fingerprint density at radius 3 is 2.32 bits per heavy atom. The van der Waals surface area contributed by atoms with Crippen molar-refractivity contribution in [3.8, 4) is 0 Å². The highest BCUT2D eigenvalue weighted by Gasteiger charge is 2.13. The van der Waals surface area contributed by atoms with Crippen molar-refractivity contribution >= 4 is 40.0 Å². The highest BCUT2D eigenvalue weighted by atomic mass is 127. The summed E-state index contributed by atoms with van der Waals surface area (Å²) in [5.41, 5.74) is 2.59. The van der Waals surface area contributed by atoms with Crippen molar-refractivity contribution in [2.24, 2.45) is 4.99 Å². The zero-order chi connectivity index (χ0) is 18.0. The first-order chi connectivity index (χ1) is 11.4. The van der Waals surface area contributed by atoms with E-state index in [4.69, 9.17) is 0 Å². The van der Waals surface area contributed by atoms with Crippen LogP contribution in [0.2, 0.25) is 0 Å². The van der Waals surface area contributed by atoms with E-state index in [9.17, 15) is 8.42 Å². The van der Waals surface area contributed by atoms with Crippen LogP contribution in [-0.4, -0.2) is 51.6 Å². The summed E-state index contributed by atoms with van der Waals surface area (Å²) in [6.07, 6.45) is 2.98. The molecule has 0 fully saturated rings. The quantitative estimate of drug-likeness (QED) is 0.245. The molecular formula is C17H31IN4O2S. The number of benzene rings is 1. The maximum absolute atomic E-state index is 11.5. The van der Waals surface area contributed by atoms with E-state index in [1.807, 2.05) is 13.0 Å². The molecular weight excluding hydrogens is 451 g/mol. The van der Waals surface area contributed by atoms with Gasteiger partial charge >= 0.3 is 0 Å². The second kappa shape index (κ2) is 12.5. The predicted molar refractivity (Wildman–Crippen MR) is 116 cm³/mol. The number of nitrogens with zero attached hydrogens (tertiary/aromatic N) is 2. The van der Waals surface area contributed by atoms with Gasteiger partial charge in [0, 0.05) is 33.2 Å². The summed E-state index contributed by atoms with van der Waals surface area (Å²) in [6.45, 7) is 6.39. The fourth-order valence-electron chi connectivity index (χ4n) is 2.50. The lowest BCUT2D eigenvalue weighted by Crippen LogP contribution is -2.39. The van der Waals surface area contributed by atoms with Gasteiger partial charge in [0.1, 0.15) is 0 Å². The molecule has 0 amide bonds. The van der Waals surface area contributed by atoms with Crippen LogP contribution in [0.1, 0.15) is 31.4 Å². The minimum atomic E-state index is -3.12. The van der Waals surface area contributed by atoms with E-state index in [0.717, 1.165) is 18.8 Å². The van der Waals surface area contributed by atoms with Crippen LogP contribution < -0.4 is 10.6 Å². The molecule has 1 aromatic rings. The number of nitrogens with one attached hydrogen (secondary N) is 2. The molecule has 0 heterocycles. The molecule has 0 bridgehead atoms. The normalized spacial score (nSPS) is 12.0. The van der Waals surface area contributed by atoms with Gasteiger partial charge in [0.05, 0.1) is 6.26 Å². The van der Waals surface area contributed by atoms with Crippen molar-refractivity contribution in [3.63, 3.8) is 0 Å². The number of guanidine groups is 1. The molecule has 0 aromatic heterocycles. The summed E-state index contributed by atoms with van der Waals surface area (Å²) in [5.74, 6) is 0.725. The molecule has 0 saturated heterocycles. The average molecular weight is 482 g/mol. The summed E-state index contributed by atoms with van der Waals surface area (Å²) in [4.78, 5) is 4.21. The van der Waals surface area contributed by atoms with Gasteiger partial charge < -0.3 is 10.6 Å². The van der Waals surface area contributed by atoms with Crippen LogP contribution >= 0.6 is 24.0 Å². The van der Waals surface area contributed by atoms with Gasteiger partial charge in [0.2, 0.25) is 10.0 Å².